The molecule has 0 spiro atoms. The molecule has 1 unspecified atom stereocenters. The number of carbonyl (C=O) groups is 1. The molecule has 1 heterocycles. The third kappa shape index (κ3) is 5.26. The first-order valence-corrected chi connectivity index (χ1v) is 12.7. The molecule has 0 amide bonds. The second-order valence-electron chi connectivity index (χ2n) is 8.84. The third-order valence-corrected chi connectivity index (χ3v) is 6.90. The van der Waals surface area contributed by atoms with Crippen LogP contribution in [-0.4, -0.2) is 5.97 Å². The highest BCUT2D eigenvalue weighted by Gasteiger charge is 2.31. The third-order valence-electron chi connectivity index (χ3n) is 6.21. The molecule has 0 aliphatic carbocycles. The number of aryl methyl sites for hydroxylation is 1. The molecule has 0 fully saturated rings. The molecule has 5 rings (SSSR count). The Bertz CT molecular complexity index is 1590. The summed E-state index contributed by atoms with van der Waals surface area (Å²) >= 11 is 3.37. The summed E-state index contributed by atoms with van der Waals surface area (Å²) in [5, 5.41) is 9.92. The van der Waals surface area contributed by atoms with Gasteiger partial charge in [0.1, 0.15) is 35.5 Å². The minimum absolute atomic E-state index is 0.00487. The van der Waals surface area contributed by atoms with E-state index in [2.05, 4.69) is 22.0 Å². The second-order valence-corrected chi connectivity index (χ2v) is 9.69. The Hall–Kier alpha value is -4.54. The molecule has 7 heteroatoms. The largest absolute Gasteiger partial charge is 0.489 e. The summed E-state index contributed by atoms with van der Waals surface area (Å²) in [6.07, 6.45) is 0. The summed E-state index contributed by atoms with van der Waals surface area (Å²) < 4.78 is 18.0. The number of nitrogens with zero attached hydrogens (tertiary/aromatic N) is 1. The van der Waals surface area contributed by atoms with Gasteiger partial charge in [0, 0.05) is 16.1 Å². The number of hydrogen-bond donors (Lipinski definition) is 1. The van der Waals surface area contributed by atoms with E-state index in [1.165, 1.54) is 5.56 Å². The van der Waals surface area contributed by atoms with E-state index >= 15 is 0 Å². The summed E-state index contributed by atoms with van der Waals surface area (Å²) in [5.41, 5.74) is 10.7. The van der Waals surface area contributed by atoms with Crippen LogP contribution in [0.1, 0.15) is 38.5 Å². The number of carbonyl (C=O) groups excluding carboxylic acids is 1. The fourth-order valence-corrected chi connectivity index (χ4v) is 4.71. The van der Waals surface area contributed by atoms with Crippen LogP contribution in [0.4, 0.5) is 0 Å². The Morgan fingerprint density at radius 1 is 1.00 bits per heavy atom. The first-order chi connectivity index (χ1) is 18.4. The van der Waals surface area contributed by atoms with E-state index in [1.54, 1.807) is 36.4 Å². The lowest BCUT2D eigenvalue weighted by molar-refractivity contribution is 0.0733. The average molecular weight is 567 g/mol. The van der Waals surface area contributed by atoms with E-state index in [4.69, 9.17) is 19.9 Å². The molecule has 0 saturated heterocycles. The molecular formula is C31H23BrN2O4. The Morgan fingerprint density at radius 3 is 2.55 bits per heavy atom. The van der Waals surface area contributed by atoms with E-state index < -0.39 is 11.9 Å². The van der Waals surface area contributed by atoms with Gasteiger partial charge in [0.15, 0.2) is 0 Å². The molecule has 4 aromatic carbocycles. The molecule has 1 aliphatic rings. The van der Waals surface area contributed by atoms with E-state index in [1.807, 2.05) is 61.5 Å². The highest BCUT2D eigenvalue weighted by molar-refractivity contribution is 9.10. The lowest BCUT2D eigenvalue weighted by atomic mass is 9.83. The summed E-state index contributed by atoms with van der Waals surface area (Å²) in [5.74, 6) is 0.405. The number of ether oxygens (including phenoxy) is 3. The van der Waals surface area contributed by atoms with Crippen molar-refractivity contribution in [2.24, 2.45) is 5.73 Å². The Labute approximate surface area is 229 Å². The van der Waals surface area contributed by atoms with Gasteiger partial charge in [-0.15, -0.1) is 0 Å². The van der Waals surface area contributed by atoms with Crippen LogP contribution in [0.2, 0.25) is 0 Å². The molecule has 188 valence electrons. The predicted octanol–water partition coefficient (Wildman–Crippen LogP) is 6.77. The smallest absolute Gasteiger partial charge is 0.344 e. The molecule has 1 atom stereocenters. The topological polar surface area (TPSA) is 94.6 Å². The second kappa shape index (κ2) is 10.8. The van der Waals surface area contributed by atoms with Gasteiger partial charge < -0.3 is 19.9 Å². The van der Waals surface area contributed by atoms with Gasteiger partial charge in [0.2, 0.25) is 5.88 Å². The van der Waals surface area contributed by atoms with Crippen molar-refractivity contribution < 1.29 is 19.0 Å². The SMILES string of the molecule is Cc1ccc(COc2cccc(C3C(C#N)=C(N)Oc4cc(OC(=O)c5ccccc5Br)ccc43)c2)cc1. The number of benzene rings is 4. The molecule has 4 aromatic rings. The highest BCUT2D eigenvalue weighted by atomic mass is 79.9. The van der Waals surface area contributed by atoms with Gasteiger partial charge in [-0.2, -0.15) is 5.26 Å². The minimum Gasteiger partial charge on any atom is -0.489 e. The maximum Gasteiger partial charge on any atom is 0.344 e. The number of fused-ring (bicyclic) bond motifs is 1. The van der Waals surface area contributed by atoms with Gasteiger partial charge in [-0.3, -0.25) is 0 Å². The number of allylic oxidation sites excluding steroid dienone is 1. The van der Waals surface area contributed by atoms with Crippen LogP contribution in [0, 0.1) is 18.3 Å². The number of esters is 1. The Balaban J connectivity index is 1.42. The van der Waals surface area contributed by atoms with E-state index in [0.29, 0.717) is 39.5 Å². The number of nitrogens with two attached hydrogens (primary N) is 1. The van der Waals surface area contributed by atoms with Gasteiger partial charge in [-0.25, -0.2) is 4.79 Å². The van der Waals surface area contributed by atoms with Crippen molar-refractivity contribution in [3.05, 3.63) is 135 Å². The van der Waals surface area contributed by atoms with Gasteiger partial charge in [-0.05, 0) is 64.3 Å². The molecule has 0 aromatic heterocycles. The quantitative estimate of drug-likeness (QED) is 0.204. The zero-order chi connectivity index (χ0) is 26.6. The normalized spacial score (nSPS) is 14.2. The lowest BCUT2D eigenvalue weighted by Gasteiger charge is -2.27. The van der Waals surface area contributed by atoms with Crippen LogP contribution in [0.3, 0.4) is 0 Å². The van der Waals surface area contributed by atoms with Crippen LogP contribution in [0.5, 0.6) is 17.2 Å². The molecule has 2 N–H and O–H groups in total. The first-order valence-electron chi connectivity index (χ1n) is 11.9. The first kappa shape index (κ1) is 25.1. The van der Waals surface area contributed by atoms with Crippen LogP contribution < -0.4 is 19.9 Å². The Morgan fingerprint density at radius 2 is 1.79 bits per heavy atom. The molecule has 1 aliphatic heterocycles. The summed E-state index contributed by atoms with van der Waals surface area (Å²) in [6, 6.07) is 30.0. The summed E-state index contributed by atoms with van der Waals surface area (Å²) in [7, 11) is 0. The summed E-state index contributed by atoms with van der Waals surface area (Å²) in [4.78, 5) is 12.7. The van der Waals surface area contributed by atoms with E-state index in [9.17, 15) is 10.1 Å². The van der Waals surface area contributed by atoms with Gasteiger partial charge >= 0.3 is 5.97 Å². The van der Waals surface area contributed by atoms with Gasteiger partial charge in [0.05, 0.1) is 11.5 Å². The van der Waals surface area contributed by atoms with Crippen LogP contribution in [0.25, 0.3) is 0 Å². The minimum atomic E-state index is -0.510. The fourth-order valence-electron chi connectivity index (χ4n) is 4.27. The maximum atomic E-state index is 12.7. The van der Waals surface area contributed by atoms with Crippen molar-refractivity contribution in [2.75, 3.05) is 0 Å². The number of hydrogen-bond acceptors (Lipinski definition) is 6. The molecular weight excluding hydrogens is 544 g/mol. The summed E-state index contributed by atoms with van der Waals surface area (Å²) in [6.45, 7) is 2.46. The van der Waals surface area contributed by atoms with Crippen molar-refractivity contribution in [3.63, 3.8) is 0 Å². The van der Waals surface area contributed by atoms with Crippen LogP contribution in [0.15, 0.2) is 107 Å². The maximum absolute atomic E-state index is 12.7. The zero-order valence-corrected chi connectivity index (χ0v) is 22.1. The van der Waals surface area contributed by atoms with Crippen LogP contribution >= 0.6 is 15.9 Å². The van der Waals surface area contributed by atoms with E-state index in [0.717, 1.165) is 16.7 Å². The van der Waals surface area contributed by atoms with Gasteiger partial charge in [-0.1, -0.05) is 60.2 Å². The number of halogens is 1. The molecule has 38 heavy (non-hydrogen) atoms. The van der Waals surface area contributed by atoms with E-state index in [-0.39, 0.29) is 5.88 Å². The molecule has 0 saturated carbocycles. The standard InChI is InChI=1S/C31H23BrN2O4/c1-19-9-11-20(12-10-19)18-36-22-6-4-5-21(15-22)29-25-14-13-23(16-28(25)38-30(34)26(29)17-33)37-31(35)24-7-2-3-8-27(24)32/h2-16,29H,18,34H2,1H3. The van der Waals surface area contributed by atoms with Crippen molar-refractivity contribution in [1.82, 2.24) is 0 Å². The number of rotatable bonds is 6. The Kier molecular flexibility index (Phi) is 7.16. The average Bonchev–Trinajstić information content (AvgIpc) is 2.92. The van der Waals surface area contributed by atoms with Crippen LogP contribution in [-0.2, 0) is 6.61 Å². The number of nitriles is 1. The highest BCUT2D eigenvalue weighted by Crippen LogP contribution is 2.44. The zero-order valence-electron chi connectivity index (χ0n) is 20.5. The fraction of sp³-hybridized carbons (Fsp3) is 0.0968. The molecule has 6 nitrogen and oxygen atoms in total. The van der Waals surface area contributed by atoms with Gasteiger partial charge in [0.25, 0.3) is 0 Å². The predicted molar refractivity (Wildman–Crippen MR) is 147 cm³/mol. The molecule has 0 bridgehead atoms. The van der Waals surface area contributed by atoms with Crippen molar-refractivity contribution in [3.8, 4) is 23.3 Å². The van der Waals surface area contributed by atoms with Crippen molar-refractivity contribution in [1.29, 1.82) is 5.26 Å². The van der Waals surface area contributed by atoms with Crippen molar-refractivity contribution >= 4 is 21.9 Å². The monoisotopic (exact) mass is 566 g/mol. The van der Waals surface area contributed by atoms with Crippen molar-refractivity contribution in [2.45, 2.75) is 19.4 Å². The lowest BCUT2D eigenvalue weighted by Crippen LogP contribution is -2.21. The molecule has 0 radical (unpaired) electrons.